The van der Waals surface area contributed by atoms with Crippen LogP contribution in [0.5, 0.6) is 0 Å². The minimum absolute atomic E-state index is 0.180. The molecule has 102 valence electrons. The summed E-state index contributed by atoms with van der Waals surface area (Å²) in [7, 11) is 1.97. The second kappa shape index (κ2) is 7.07. The molecule has 1 rings (SSSR count). The minimum atomic E-state index is -0.320. The lowest BCUT2D eigenvalue weighted by Crippen LogP contribution is -2.31. The van der Waals surface area contributed by atoms with E-state index in [-0.39, 0.29) is 16.9 Å². The third-order valence-electron chi connectivity index (χ3n) is 3.17. The first-order valence-corrected chi connectivity index (χ1v) is 6.66. The molecule has 0 aliphatic heterocycles. The molecule has 0 saturated carbocycles. The summed E-state index contributed by atoms with van der Waals surface area (Å²) in [5.41, 5.74) is 6.62. The van der Waals surface area contributed by atoms with E-state index in [1.165, 1.54) is 0 Å². The molecule has 18 heavy (non-hydrogen) atoms. The second-order valence-corrected chi connectivity index (χ2v) is 5.55. The molecule has 0 radical (unpaired) electrons. The maximum absolute atomic E-state index is 13.7. The number of nitrogens with two attached hydrogens (primary N) is 1. The van der Waals surface area contributed by atoms with E-state index in [4.69, 9.17) is 17.3 Å². The molecular weight excluding hydrogens is 251 g/mol. The highest BCUT2D eigenvalue weighted by atomic mass is 35.5. The quantitative estimate of drug-likeness (QED) is 0.861. The number of nitrogens with zero attached hydrogens (tertiary/aromatic N) is 1. The van der Waals surface area contributed by atoms with Crippen molar-refractivity contribution in [1.82, 2.24) is 4.90 Å². The van der Waals surface area contributed by atoms with Crippen molar-refractivity contribution in [3.8, 4) is 0 Å². The third kappa shape index (κ3) is 4.56. The normalized spacial score (nSPS) is 13.3. The molecule has 0 aromatic heterocycles. The van der Waals surface area contributed by atoms with E-state index in [1.54, 1.807) is 18.2 Å². The van der Waals surface area contributed by atoms with Gasteiger partial charge < -0.3 is 10.6 Å². The Morgan fingerprint density at radius 2 is 2.06 bits per heavy atom. The smallest absolute Gasteiger partial charge is 0.146 e. The number of rotatable bonds is 6. The van der Waals surface area contributed by atoms with E-state index in [2.05, 4.69) is 18.7 Å². The number of hydrogen-bond donors (Lipinski definition) is 1. The Bertz CT molecular complexity index is 382. The lowest BCUT2D eigenvalue weighted by Gasteiger charge is -2.21. The molecule has 1 unspecified atom stereocenters. The Balaban J connectivity index is 2.49. The first kappa shape index (κ1) is 15.4. The van der Waals surface area contributed by atoms with Crippen molar-refractivity contribution in [2.75, 3.05) is 13.6 Å². The standard InChI is InChI=1S/C14H22ClFN2/c1-10(2)13(17)7-8-18(3)9-11-5-4-6-12(15)14(11)16/h4-6,10,13H,7-9,17H2,1-3H3. The van der Waals surface area contributed by atoms with Crippen LogP contribution in [0, 0.1) is 11.7 Å². The molecule has 0 bridgehead atoms. The van der Waals surface area contributed by atoms with Crippen LogP contribution in [0.4, 0.5) is 4.39 Å². The van der Waals surface area contributed by atoms with Crippen LogP contribution in [0.15, 0.2) is 18.2 Å². The maximum Gasteiger partial charge on any atom is 0.146 e. The van der Waals surface area contributed by atoms with Crippen LogP contribution in [-0.4, -0.2) is 24.5 Å². The molecule has 2 N–H and O–H groups in total. The predicted octanol–water partition coefficient (Wildman–Crippen LogP) is 3.28. The molecule has 1 aromatic carbocycles. The summed E-state index contributed by atoms with van der Waals surface area (Å²) in [5.74, 6) is 0.153. The highest BCUT2D eigenvalue weighted by Crippen LogP contribution is 2.19. The Morgan fingerprint density at radius 1 is 1.39 bits per heavy atom. The van der Waals surface area contributed by atoms with Crippen molar-refractivity contribution in [2.24, 2.45) is 11.7 Å². The summed E-state index contributed by atoms with van der Waals surface area (Å²) in [6.45, 7) is 5.63. The Labute approximate surface area is 114 Å². The van der Waals surface area contributed by atoms with Gasteiger partial charge in [-0.2, -0.15) is 0 Å². The summed E-state index contributed by atoms with van der Waals surface area (Å²) >= 11 is 5.75. The molecular formula is C14H22ClFN2. The number of benzene rings is 1. The maximum atomic E-state index is 13.7. The Hall–Kier alpha value is -0.640. The molecule has 4 heteroatoms. The van der Waals surface area contributed by atoms with Crippen molar-refractivity contribution in [1.29, 1.82) is 0 Å². The van der Waals surface area contributed by atoms with Crippen LogP contribution in [0.25, 0.3) is 0 Å². The molecule has 0 spiro atoms. The summed E-state index contributed by atoms with van der Waals surface area (Å²) in [5, 5.41) is 0.180. The summed E-state index contributed by atoms with van der Waals surface area (Å²) in [6.07, 6.45) is 0.913. The molecule has 2 nitrogen and oxygen atoms in total. The van der Waals surface area contributed by atoms with Gasteiger partial charge in [0.15, 0.2) is 0 Å². The molecule has 0 saturated heterocycles. The first-order chi connectivity index (χ1) is 8.41. The van der Waals surface area contributed by atoms with Crippen molar-refractivity contribution in [3.05, 3.63) is 34.6 Å². The van der Waals surface area contributed by atoms with E-state index in [9.17, 15) is 4.39 Å². The fourth-order valence-electron chi connectivity index (χ4n) is 1.74. The molecule has 1 aromatic rings. The fourth-order valence-corrected chi connectivity index (χ4v) is 1.94. The average molecular weight is 273 g/mol. The summed E-state index contributed by atoms with van der Waals surface area (Å²) in [4.78, 5) is 2.07. The van der Waals surface area contributed by atoms with Gasteiger partial charge in [0, 0.05) is 18.2 Å². The van der Waals surface area contributed by atoms with Crippen LogP contribution in [-0.2, 0) is 6.54 Å². The number of halogens is 2. The zero-order valence-electron chi connectivity index (χ0n) is 11.3. The zero-order valence-corrected chi connectivity index (χ0v) is 12.0. The average Bonchev–Trinajstić information content (AvgIpc) is 2.32. The van der Waals surface area contributed by atoms with Gasteiger partial charge in [-0.05, 0) is 32.0 Å². The van der Waals surface area contributed by atoms with Crippen LogP contribution < -0.4 is 5.73 Å². The lowest BCUT2D eigenvalue weighted by atomic mass is 10.0. The molecule has 0 amide bonds. The van der Waals surface area contributed by atoms with Gasteiger partial charge in [0.25, 0.3) is 0 Å². The first-order valence-electron chi connectivity index (χ1n) is 6.28. The van der Waals surface area contributed by atoms with E-state index < -0.39 is 0 Å². The van der Waals surface area contributed by atoms with Crippen molar-refractivity contribution in [2.45, 2.75) is 32.9 Å². The zero-order chi connectivity index (χ0) is 13.7. The Kier molecular flexibility index (Phi) is 6.06. The van der Waals surface area contributed by atoms with Gasteiger partial charge in [-0.15, -0.1) is 0 Å². The van der Waals surface area contributed by atoms with E-state index >= 15 is 0 Å². The van der Waals surface area contributed by atoms with Crippen LogP contribution in [0.1, 0.15) is 25.8 Å². The lowest BCUT2D eigenvalue weighted by molar-refractivity contribution is 0.292. The van der Waals surface area contributed by atoms with Crippen LogP contribution in [0.2, 0.25) is 5.02 Å². The molecule has 0 aliphatic rings. The highest BCUT2D eigenvalue weighted by Gasteiger charge is 2.11. The van der Waals surface area contributed by atoms with E-state index in [1.807, 2.05) is 7.05 Å². The molecule has 0 fully saturated rings. The summed E-state index contributed by atoms with van der Waals surface area (Å²) < 4.78 is 13.7. The second-order valence-electron chi connectivity index (χ2n) is 5.15. The third-order valence-corrected chi connectivity index (χ3v) is 3.46. The van der Waals surface area contributed by atoms with Crippen LogP contribution >= 0.6 is 11.6 Å². The molecule has 0 aliphatic carbocycles. The van der Waals surface area contributed by atoms with Gasteiger partial charge in [-0.25, -0.2) is 4.39 Å². The highest BCUT2D eigenvalue weighted by molar-refractivity contribution is 6.30. The van der Waals surface area contributed by atoms with Gasteiger partial charge in [0.1, 0.15) is 5.82 Å². The SMILES string of the molecule is CC(C)C(N)CCN(C)Cc1cccc(Cl)c1F. The van der Waals surface area contributed by atoms with E-state index in [0.29, 0.717) is 18.0 Å². The van der Waals surface area contributed by atoms with Gasteiger partial charge in [-0.1, -0.05) is 37.6 Å². The Morgan fingerprint density at radius 3 is 2.67 bits per heavy atom. The van der Waals surface area contributed by atoms with Crippen molar-refractivity contribution >= 4 is 11.6 Å². The molecule has 0 heterocycles. The van der Waals surface area contributed by atoms with Gasteiger partial charge in [0.2, 0.25) is 0 Å². The monoisotopic (exact) mass is 272 g/mol. The summed E-state index contributed by atoms with van der Waals surface area (Å²) in [6, 6.07) is 5.29. The molecule has 1 atom stereocenters. The van der Waals surface area contributed by atoms with Gasteiger partial charge in [-0.3, -0.25) is 0 Å². The number of hydrogen-bond acceptors (Lipinski definition) is 2. The van der Waals surface area contributed by atoms with Crippen molar-refractivity contribution < 1.29 is 4.39 Å². The van der Waals surface area contributed by atoms with Gasteiger partial charge in [0.05, 0.1) is 5.02 Å². The predicted molar refractivity (Wildman–Crippen MR) is 75.2 cm³/mol. The van der Waals surface area contributed by atoms with Crippen molar-refractivity contribution in [3.63, 3.8) is 0 Å². The minimum Gasteiger partial charge on any atom is -0.327 e. The van der Waals surface area contributed by atoms with Gasteiger partial charge >= 0.3 is 0 Å². The van der Waals surface area contributed by atoms with E-state index in [0.717, 1.165) is 13.0 Å². The van der Waals surface area contributed by atoms with Crippen LogP contribution in [0.3, 0.4) is 0 Å². The largest absolute Gasteiger partial charge is 0.327 e. The fraction of sp³-hybridized carbons (Fsp3) is 0.571. The topological polar surface area (TPSA) is 29.3 Å².